The Kier molecular flexibility index (Phi) is 5.09. The molecule has 88 valence electrons. The summed E-state index contributed by atoms with van der Waals surface area (Å²) in [4.78, 5) is 13.7. The molecule has 0 aromatic rings. The van der Waals surface area contributed by atoms with Crippen molar-refractivity contribution in [3.05, 3.63) is 0 Å². The molecule has 0 amide bonds. The van der Waals surface area contributed by atoms with E-state index < -0.39 is 0 Å². The highest BCUT2D eigenvalue weighted by molar-refractivity contribution is 5.69. The molecule has 1 fully saturated rings. The van der Waals surface area contributed by atoms with Crippen LogP contribution in [0.25, 0.3) is 0 Å². The Morgan fingerprint density at radius 3 is 2.47 bits per heavy atom. The van der Waals surface area contributed by atoms with Crippen LogP contribution in [-0.2, 0) is 9.53 Å². The molecule has 0 saturated carbocycles. The van der Waals surface area contributed by atoms with E-state index in [0.29, 0.717) is 25.1 Å². The minimum atomic E-state index is -0.0672. The van der Waals surface area contributed by atoms with E-state index >= 15 is 0 Å². The van der Waals surface area contributed by atoms with Gasteiger partial charge < -0.3 is 4.74 Å². The molecule has 0 aromatic carbocycles. The van der Waals surface area contributed by atoms with Crippen molar-refractivity contribution in [3.8, 4) is 0 Å². The molecule has 0 unspecified atom stereocenters. The fraction of sp³-hybridized carbons (Fsp3) is 0.917. The van der Waals surface area contributed by atoms with Gasteiger partial charge in [0.2, 0.25) is 0 Å². The molecule has 1 heterocycles. The van der Waals surface area contributed by atoms with E-state index in [0.717, 1.165) is 6.54 Å². The Morgan fingerprint density at radius 2 is 1.93 bits per heavy atom. The zero-order valence-corrected chi connectivity index (χ0v) is 10.2. The van der Waals surface area contributed by atoms with Crippen molar-refractivity contribution in [1.29, 1.82) is 0 Å². The van der Waals surface area contributed by atoms with Crippen LogP contribution in [0.1, 0.15) is 46.5 Å². The van der Waals surface area contributed by atoms with Crippen molar-refractivity contribution in [2.24, 2.45) is 0 Å². The van der Waals surface area contributed by atoms with Gasteiger partial charge in [-0.1, -0.05) is 6.42 Å². The molecule has 1 saturated heterocycles. The monoisotopic (exact) mass is 213 g/mol. The molecule has 1 aliphatic heterocycles. The topological polar surface area (TPSA) is 29.5 Å². The van der Waals surface area contributed by atoms with Crippen LogP contribution < -0.4 is 0 Å². The van der Waals surface area contributed by atoms with E-state index in [4.69, 9.17) is 4.74 Å². The van der Waals surface area contributed by atoms with Gasteiger partial charge in [0.1, 0.15) is 0 Å². The Hall–Kier alpha value is -0.570. The molecule has 0 radical (unpaired) electrons. The minimum absolute atomic E-state index is 0.0672. The van der Waals surface area contributed by atoms with Crippen molar-refractivity contribution in [1.82, 2.24) is 4.90 Å². The van der Waals surface area contributed by atoms with Gasteiger partial charge in [-0.25, -0.2) is 0 Å². The van der Waals surface area contributed by atoms with Crippen molar-refractivity contribution in [3.63, 3.8) is 0 Å². The van der Waals surface area contributed by atoms with E-state index in [1.54, 1.807) is 0 Å². The molecule has 1 rings (SSSR count). The number of rotatable bonds is 4. The van der Waals surface area contributed by atoms with Crippen LogP contribution in [0.2, 0.25) is 0 Å². The number of piperidine rings is 1. The van der Waals surface area contributed by atoms with E-state index in [1.807, 2.05) is 6.92 Å². The van der Waals surface area contributed by atoms with Crippen LogP contribution in [0.4, 0.5) is 0 Å². The highest BCUT2D eigenvalue weighted by atomic mass is 16.5. The second kappa shape index (κ2) is 6.11. The summed E-state index contributed by atoms with van der Waals surface area (Å²) in [7, 11) is 0. The van der Waals surface area contributed by atoms with Crippen LogP contribution in [-0.4, -0.2) is 36.1 Å². The maximum Gasteiger partial charge on any atom is 0.307 e. The lowest BCUT2D eigenvalue weighted by Gasteiger charge is -2.38. The van der Waals surface area contributed by atoms with Gasteiger partial charge >= 0.3 is 5.97 Å². The molecule has 15 heavy (non-hydrogen) atoms. The van der Waals surface area contributed by atoms with Crippen molar-refractivity contribution in [2.75, 3.05) is 13.2 Å². The number of hydrogen-bond acceptors (Lipinski definition) is 3. The second-order valence-corrected chi connectivity index (χ2v) is 4.42. The van der Waals surface area contributed by atoms with Gasteiger partial charge in [-0.05, 0) is 33.6 Å². The van der Waals surface area contributed by atoms with Gasteiger partial charge in [-0.15, -0.1) is 0 Å². The zero-order chi connectivity index (χ0) is 11.3. The smallest absolute Gasteiger partial charge is 0.307 e. The average molecular weight is 213 g/mol. The summed E-state index contributed by atoms with van der Waals surface area (Å²) in [5, 5.41) is 0. The van der Waals surface area contributed by atoms with Crippen LogP contribution in [0.5, 0.6) is 0 Å². The van der Waals surface area contributed by atoms with E-state index in [9.17, 15) is 4.79 Å². The molecule has 2 atom stereocenters. The first-order chi connectivity index (χ1) is 7.15. The summed E-state index contributed by atoms with van der Waals surface area (Å²) in [5.74, 6) is -0.0672. The lowest BCUT2D eigenvalue weighted by molar-refractivity contribution is -0.143. The molecule has 0 bridgehead atoms. The van der Waals surface area contributed by atoms with Gasteiger partial charge in [-0.3, -0.25) is 9.69 Å². The highest BCUT2D eigenvalue weighted by Gasteiger charge is 2.24. The summed E-state index contributed by atoms with van der Waals surface area (Å²) in [6.07, 6.45) is 4.36. The summed E-state index contributed by atoms with van der Waals surface area (Å²) in [5.41, 5.74) is 0. The molecular formula is C12H23NO2. The van der Waals surface area contributed by atoms with E-state index in [1.165, 1.54) is 19.3 Å². The van der Waals surface area contributed by atoms with Crippen LogP contribution in [0.15, 0.2) is 0 Å². The average Bonchev–Trinajstić information content (AvgIpc) is 2.17. The third-order valence-electron chi connectivity index (χ3n) is 3.26. The van der Waals surface area contributed by atoms with Gasteiger partial charge in [0, 0.05) is 18.6 Å². The Labute approximate surface area is 92.8 Å². The van der Waals surface area contributed by atoms with Crippen molar-refractivity contribution in [2.45, 2.75) is 58.5 Å². The number of carbonyl (C=O) groups excluding carboxylic acids is 1. The molecule has 0 aromatic heterocycles. The summed E-state index contributed by atoms with van der Waals surface area (Å²) >= 11 is 0. The van der Waals surface area contributed by atoms with Crippen LogP contribution in [0.3, 0.4) is 0 Å². The molecule has 0 aliphatic carbocycles. The normalized spacial score (nSPS) is 27.7. The first kappa shape index (κ1) is 12.5. The van der Waals surface area contributed by atoms with Crippen molar-refractivity contribution < 1.29 is 9.53 Å². The highest BCUT2D eigenvalue weighted by Crippen LogP contribution is 2.22. The second-order valence-electron chi connectivity index (χ2n) is 4.42. The van der Waals surface area contributed by atoms with Gasteiger partial charge in [-0.2, -0.15) is 0 Å². The minimum Gasteiger partial charge on any atom is -0.466 e. The third kappa shape index (κ3) is 3.82. The Balaban J connectivity index is 2.32. The maximum atomic E-state index is 11.3. The number of nitrogens with zero attached hydrogens (tertiary/aromatic N) is 1. The molecular weight excluding hydrogens is 190 g/mol. The molecule has 3 nitrogen and oxygen atoms in total. The van der Waals surface area contributed by atoms with E-state index in [2.05, 4.69) is 18.7 Å². The number of esters is 1. The number of ether oxygens (including phenoxy) is 1. The Morgan fingerprint density at radius 1 is 1.33 bits per heavy atom. The SMILES string of the molecule is CCOC(=O)CCN1[C@@H](C)CCC[C@@H]1C. The fourth-order valence-electron chi connectivity index (χ4n) is 2.37. The predicted octanol–water partition coefficient (Wildman–Crippen LogP) is 2.20. The number of hydrogen-bond donors (Lipinski definition) is 0. The summed E-state index contributed by atoms with van der Waals surface area (Å²) < 4.78 is 4.94. The largest absolute Gasteiger partial charge is 0.466 e. The molecule has 3 heteroatoms. The first-order valence-corrected chi connectivity index (χ1v) is 6.06. The molecule has 0 N–H and O–H groups in total. The Bertz CT molecular complexity index is 196. The maximum absolute atomic E-state index is 11.3. The number of likely N-dealkylation sites (tertiary alicyclic amines) is 1. The number of carbonyl (C=O) groups is 1. The lowest BCUT2D eigenvalue weighted by Crippen LogP contribution is -2.44. The van der Waals surface area contributed by atoms with Gasteiger partial charge in [0.15, 0.2) is 0 Å². The quantitative estimate of drug-likeness (QED) is 0.670. The van der Waals surface area contributed by atoms with E-state index in [-0.39, 0.29) is 5.97 Å². The van der Waals surface area contributed by atoms with Crippen LogP contribution >= 0.6 is 0 Å². The van der Waals surface area contributed by atoms with Crippen LogP contribution in [0, 0.1) is 0 Å². The molecule has 1 aliphatic rings. The summed E-state index contributed by atoms with van der Waals surface area (Å²) in [6.45, 7) is 7.69. The molecule has 0 spiro atoms. The summed E-state index contributed by atoms with van der Waals surface area (Å²) in [6, 6.07) is 1.23. The van der Waals surface area contributed by atoms with Crippen molar-refractivity contribution >= 4 is 5.97 Å². The standard InChI is InChI=1S/C12H23NO2/c1-4-15-12(14)8-9-13-10(2)6-5-7-11(13)3/h10-11H,4-9H2,1-3H3/t10-,11-/m0/s1. The van der Waals surface area contributed by atoms with Gasteiger partial charge in [0.05, 0.1) is 13.0 Å². The fourth-order valence-corrected chi connectivity index (χ4v) is 2.37. The lowest BCUT2D eigenvalue weighted by atomic mass is 9.97. The zero-order valence-electron chi connectivity index (χ0n) is 10.2. The first-order valence-electron chi connectivity index (χ1n) is 6.06. The predicted molar refractivity (Wildman–Crippen MR) is 60.7 cm³/mol. The van der Waals surface area contributed by atoms with Gasteiger partial charge in [0.25, 0.3) is 0 Å². The third-order valence-corrected chi connectivity index (χ3v) is 3.26.